The van der Waals surface area contributed by atoms with Crippen molar-refractivity contribution in [1.82, 2.24) is 0 Å². The molecule has 86 valence electrons. The first-order chi connectivity index (χ1) is 8.09. The molecule has 0 aromatic heterocycles. The second-order valence-corrected chi connectivity index (χ2v) is 5.03. The number of hydrogen-bond acceptors (Lipinski definition) is 1. The highest BCUT2D eigenvalue weighted by atomic mass is 79.9. The third-order valence-electron chi connectivity index (χ3n) is 2.57. The minimum atomic E-state index is -0.00231. The molecular formula is C14H10BrClO. The molecule has 0 N–H and O–H groups in total. The molecule has 3 heteroatoms. The van der Waals surface area contributed by atoms with E-state index in [1.165, 1.54) is 0 Å². The van der Waals surface area contributed by atoms with Crippen LogP contribution in [-0.2, 0) is 0 Å². The molecule has 0 unspecified atom stereocenters. The number of hydrogen-bond donors (Lipinski definition) is 0. The first-order valence-electron chi connectivity index (χ1n) is 5.15. The number of ketones is 1. The van der Waals surface area contributed by atoms with Gasteiger partial charge < -0.3 is 0 Å². The molecule has 0 atom stereocenters. The summed E-state index contributed by atoms with van der Waals surface area (Å²) in [6.07, 6.45) is 0. The summed E-state index contributed by atoms with van der Waals surface area (Å²) in [5.41, 5.74) is 2.29. The summed E-state index contributed by atoms with van der Waals surface area (Å²) in [7, 11) is 0. The monoisotopic (exact) mass is 308 g/mol. The number of carbonyl (C=O) groups is 1. The van der Waals surface area contributed by atoms with Crippen molar-refractivity contribution in [2.75, 3.05) is 0 Å². The molecular weight excluding hydrogens is 300 g/mol. The van der Waals surface area contributed by atoms with Crippen LogP contribution in [0.4, 0.5) is 0 Å². The molecule has 1 nitrogen and oxygen atoms in total. The van der Waals surface area contributed by atoms with E-state index in [1.54, 1.807) is 18.2 Å². The molecule has 2 aromatic carbocycles. The Bertz CT molecular complexity index is 578. The standard InChI is InChI=1S/C14H10BrClO/c1-9-4-2-3-5-11(9)14(17)10-6-7-12(15)13(16)8-10/h2-8H,1H3. The highest BCUT2D eigenvalue weighted by Crippen LogP contribution is 2.24. The molecule has 17 heavy (non-hydrogen) atoms. The zero-order valence-corrected chi connectivity index (χ0v) is 11.5. The zero-order valence-electron chi connectivity index (χ0n) is 9.21. The Morgan fingerprint density at radius 1 is 1.18 bits per heavy atom. The lowest BCUT2D eigenvalue weighted by Crippen LogP contribution is -2.03. The molecule has 0 spiro atoms. The largest absolute Gasteiger partial charge is 0.289 e. The molecule has 0 aliphatic carbocycles. The van der Waals surface area contributed by atoms with Crippen LogP contribution >= 0.6 is 27.5 Å². The van der Waals surface area contributed by atoms with Crippen LogP contribution in [0.5, 0.6) is 0 Å². The molecule has 0 bridgehead atoms. The molecule has 0 saturated carbocycles. The van der Waals surface area contributed by atoms with Gasteiger partial charge in [0.05, 0.1) is 5.02 Å². The van der Waals surface area contributed by atoms with Gasteiger partial charge >= 0.3 is 0 Å². The van der Waals surface area contributed by atoms with Crippen LogP contribution in [0.25, 0.3) is 0 Å². The van der Waals surface area contributed by atoms with Gasteiger partial charge in [0, 0.05) is 15.6 Å². The van der Waals surface area contributed by atoms with Gasteiger partial charge in [-0.1, -0.05) is 35.9 Å². The number of carbonyl (C=O) groups excluding carboxylic acids is 1. The Balaban J connectivity index is 2.44. The van der Waals surface area contributed by atoms with Gasteiger partial charge in [-0.15, -0.1) is 0 Å². The lowest BCUT2D eigenvalue weighted by atomic mass is 9.99. The summed E-state index contributed by atoms with van der Waals surface area (Å²) in [5, 5.41) is 0.546. The third kappa shape index (κ3) is 2.59. The number of aryl methyl sites for hydroxylation is 1. The number of benzene rings is 2. The summed E-state index contributed by atoms with van der Waals surface area (Å²) in [6, 6.07) is 12.8. The molecule has 0 heterocycles. The maximum Gasteiger partial charge on any atom is 0.193 e. The van der Waals surface area contributed by atoms with Crippen molar-refractivity contribution in [3.8, 4) is 0 Å². The van der Waals surface area contributed by atoms with Crippen LogP contribution in [0.2, 0.25) is 5.02 Å². The molecule has 0 saturated heterocycles. The number of halogens is 2. The van der Waals surface area contributed by atoms with Crippen molar-refractivity contribution >= 4 is 33.3 Å². The summed E-state index contributed by atoms with van der Waals surface area (Å²) < 4.78 is 0.792. The molecule has 0 radical (unpaired) electrons. The van der Waals surface area contributed by atoms with E-state index >= 15 is 0 Å². The Kier molecular flexibility index (Phi) is 3.65. The van der Waals surface area contributed by atoms with E-state index in [9.17, 15) is 4.79 Å². The fourth-order valence-electron chi connectivity index (χ4n) is 1.62. The van der Waals surface area contributed by atoms with Gasteiger partial charge in [0.1, 0.15) is 0 Å². The van der Waals surface area contributed by atoms with Crippen molar-refractivity contribution in [3.63, 3.8) is 0 Å². The molecule has 2 aromatic rings. The normalized spacial score (nSPS) is 10.3. The van der Waals surface area contributed by atoms with Crippen LogP contribution in [0.15, 0.2) is 46.9 Å². The van der Waals surface area contributed by atoms with Crippen molar-refractivity contribution in [1.29, 1.82) is 0 Å². The molecule has 0 aliphatic rings. The van der Waals surface area contributed by atoms with Gasteiger partial charge in [-0.25, -0.2) is 0 Å². The maximum absolute atomic E-state index is 12.3. The second-order valence-electron chi connectivity index (χ2n) is 3.77. The Labute approximate surface area is 114 Å². The van der Waals surface area contributed by atoms with E-state index in [1.807, 2.05) is 31.2 Å². The third-order valence-corrected chi connectivity index (χ3v) is 3.80. The molecule has 2 rings (SSSR count). The van der Waals surface area contributed by atoms with Crippen molar-refractivity contribution in [2.24, 2.45) is 0 Å². The smallest absolute Gasteiger partial charge is 0.193 e. The van der Waals surface area contributed by atoms with Gasteiger partial charge in [-0.05, 0) is 46.6 Å². The minimum Gasteiger partial charge on any atom is -0.289 e. The highest BCUT2D eigenvalue weighted by molar-refractivity contribution is 9.10. The van der Waals surface area contributed by atoms with Gasteiger partial charge in [0.15, 0.2) is 5.78 Å². The Morgan fingerprint density at radius 3 is 2.53 bits per heavy atom. The molecule has 0 fully saturated rings. The number of rotatable bonds is 2. The van der Waals surface area contributed by atoms with E-state index in [-0.39, 0.29) is 5.78 Å². The summed E-state index contributed by atoms with van der Waals surface area (Å²) in [4.78, 5) is 12.3. The van der Waals surface area contributed by atoms with E-state index in [0.29, 0.717) is 16.1 Å². The van der Waals surface area contributed by atoms with Crippen LogP contribution in [0, 0.1) is 6.92 Å². The van der Waals surface area contributed by atoms with Gasteiger partial charge in [-0.2, -0.15) is 0 Å². The zero-order chi connectivity index (χ0) is 12.4. The SMILES string of the molecule is Cc1ccccc1C(=O)c1ccc(Br)c(Cl)c1. The van der Waals surface area contributed by atoms with Crippen LogP contribution in [-0.4, -0.2) is 5.78 Å². The predicted octanol–water partition coefficient (Wildman–Crippen LogP) is 4.64. The average molecular weight is 310 g/mol. The van der Waals surface area contributed by atoms with Crippen molar-refractivity contribution < 1.29 is 4.79 Å². The lowest BCUT2D eigenvalue weighted by molar-refractivity contribution is 0.103. The fraction of sp³-hybridized carbons (Fsp3) is 0.0714. The second kappa shape index (κ2) is 5.03. The van der Waals surface area contributed by atoms with Crippen molar-refractivity contribution in [2.45, 2.75) is 6.92 Å². The molecule has 0 amide bonds. The minimum absolute atomic E-state index is 0.00231. The fourth-order valence-corrected chi connectivity index (χ4v) is 2.05. The first-order valence-corrected chi connectivity index (χ1v) is 6.32. The summed E-state index contributed by atoms with van der Waals surface area (Å²) in [5.74, 6) is -0.00231. The van der Waals surface area contributed by atoms with Gasteiger partial charge in [0.25, 0.3) is 0 Å². The summed E-state index contributed by atoms with van der Waals surface area (Å²) >= 11 is 9.29. The quantitative estimate of drug-likeness (QED) is 0.738. The first kappa shape index (κ1) is 12.3. The van der Waals surface area contributed by atoms with Crippen molar-refractivity contribution in [3.05, 3.63) is 68.7 Å². The van der Waals surface area contributed by atoms with Crippen LogP contribution < -0.4 is 0 Å². The van der Waals surface area contributed by atoms with Gasteiger partial charge in [0.2, 0.25) is 0 Å². The molecule has 0 aliphatic heterocycles. The average Bonchev–Trinajstić information content (AvgIpc) is 2.32. The van der Waals surface area contributed by atoms with Gasteiger partial charge in [-0.3, -0.25) is 4.79 Å². The van der Waals surface area contributed by atoms with E-state index in [0.717, 1.165) is 10.0 Å². The highest BCUT2D eigenvalue weighted by Gasteiger charge is 2.12. The lowest BCUT2D eigenvalue weighted by Gasteiger charge is -2.05. The van der Waals surface area contributed by atoms with E-state index in [2.05, 4.69) is 15.9 Å². The topological polar surface area (TPSA) is 17.1 Å². The summed E-state index contributed by atoms with van der Waals surface area (Å²) in [6.45, 7) is 1.92. The predicted molar refractivity (Wildman–Crippen MR) is 73.8 cm³/mol. The van der Waals surface area contributed by atoms with Crippen LogP contribution in [0.1, 0.15) is 21.5 Å². The van der Waals surface area contributed by atoms with Crippen LogP contribution in [0.3, 0.4) is 0 Å². The maximum atomic E-state index is 12.3. The van der Waals surface area contributed by atoms with E-state index in [4.69, 9.17) is 11.6 Å². The Hall–Kier alpha value is -1.12. The van der Waals surface area contributed by atoms with E-state index < -0.39 is 0 Å². The Morgan fingerprint density at radius 2 is 1.88 bits per heavy atom.